The molecule has 0 saturated heterocycles. The van der Waals surface area contributed by atoms with Gasteiger partial charge in [0.25, 0.3) is 0 Å². The minimum atomic E-state index is -0.869. The Kier molecular flexibility index (Phi) is 3.98. The van der Waals surface area contributed by atoms with Crippen LogP contribution in [0.15, 0.2) is 17.5 Å². The van der Waals surface area contributed by atoms with Gasteiger partial charge in [0, 0.05) is 5.75 Å². The van der Waals surface area contributed by atoms with Crippen LogP contribution >= 0.6 is 23.1 Å². The highest BCUT2D eigenvalue weighted by atomic mass is 32.2. The molecule has 0 aliphatic rings. The van der Waals surface area contributed by atoms with Crippen molar-refractivity contribution in [1.29, 1.82) is 0 Å². The average molecular weight is 216 g/mol. The number of carboxylic acids is 1. The molecule has 0 aromatic carbocycles. The lowest BCUT2D eigenvalue weighted by atomic mass is 10.5. The average Bonchev–Trinajstić information content (AvgIpc) is 2.55. The minimum absolute atomic E-state index is 0.0295. The SMILES string of the molecule is O=C(O)CCSC(=O)c1cccs1. The monoisotopic (exact) mass is 216 g/mol. The van der Waals surface area contributed by atoms with Gasteiger partial charge in [0.1, 0.15) is 0 Å². The largest absolute Gasteiger partial charge is 0.481 e. The zero-order chi connectivity index (χ0) is 9.68. The van der Waals surface area contributed by atoms with Crippen LogP contribution < -0.4 is 0 Å². The number of thioether (sulfide) groups is 1. The summed E-state index contributed by atoms with van der Waals surface area (Å²) in [6.07, 6.45) is 0.0295. The molecule has 0 unspecified atom stereocenters. The number of thiophene rings is 1. The van der Waals surface area contributed by atoms with Gasteiger partial charge in [-0.1, -0.05) is 17.8 Å². The van der Waals surface area contributed by atoms with Gasteiger partial charge in [0.05, 0.1) is 11.3 Å². The third-order valence-electron chi connectivity index (χ3n) is 1.27. The number of aliphatic carboxylic acids is 1. The van der Waals surface area contributed by atoms with Crippen molar-refractivity contribution in [3.8, 4) is 0 Å². The summed E-state index contributed by atoms with van der Waals surface area (Å²) in [7, 11) is 0. The van der Waals surface area contributed by atoms with Gasteiger partial charge in [-0.3, -0.25) is 9.59 Å². The van der Waals surface area contributed by atoms with Gasteiger partial charge in [0.15, 0.2) is 0 Å². The third kappa shape index (κ3) is 3.61. The maximum atomic E-state index is 11.3. The van der Waals surface area contributed by atoms with Gasteiger partial charge < -0.3 is 5.11 Å². The highest BCUT2D eigenvalue weighted by Gasteiger charge is 2.07. The van der Waals surface area contributed by atoms with Crippen LogP contribution in [-0.4, -0.2) is 21.9 Å². The Labute approximate surface area is 83.8 Å². The Hall–Kier alpha value is -0.810. The maximum Gasteiger partial charge on any atom is 0.304 e. The molecule has 5 heteroatoms. The smallest absolute Gasteiger partial charge is 0.304 e. The highest BCUT2D eigenvalue weighted by molar-refractivity contribution is 8.14. The fourth-order valence-electron chi connectivity index (χ4n) is 0.697. The van der Waals surface area contributed by atoms with Crippen molar-refractivity contribution >= 4 is 34.2 Å². The van der Waals surface area contributed by atoms with Crippen molar-refractivity contribution < 1.29 is 14.7 Å². The molecule has 0 aliphatic heterocycles. The molecule has 0 amide bonds. The Bertz CT molecular complexity index is 292. The maximum absolute atomic E-state index is 11.3. The van der Waals surface area contributed by atoms with Crippen LogP contribution in [-0.2, 0) is 4.79 Å². The van der Waals surface area contributed by atoms with E-state index in [2.05, 4.69) is 0 Å². The number of rotatable bonds is 4. The molecule has 0 bridgehead atoms. The second-order valence-corrected chi connectivity index (χ2v) is 4.27. The van der Waals surface area contributed by atoms with Crippen LogP contribution in [0.2, 0.25) is 0 Å². The lowest BCUT2D eigenvalue weighted by Crippen LogP contribution is -1.98. The van der Waals surface area contributed by atoms with E-state index in [-0.39, 0.29) is 11.5 Å². The summed E-state index contributed by atoms with van der Waals surface area (Å²) >= 11 is 2.43. The van der Waals surface area contributed by atoms with E-state index in [1.165, 1.54) is 11.3 Å². The summed E-state index contributed by atoms with van der Waals surface area (Å²) in [5.41, 5.74) is 0. The Morgan fingerprint density at radius 1 is 1.54 bits per heavy atom. The van der Waals surface area contributed by atoms with Crippen molar-refractivity contribution in [2.45, 2.75) is 6.42 Å². The van der Waals surface area contributed by atoms with E-state index < -0.39 is 5.97 Å². The summed E-state index contributed by atoms with van der Waals surface area (Å²) in [5, 5.41) is 10.1. The lowest BCUT2D eigenvalue weighted by Gasteiger charge is -1.94. The second-order valence-electron chi connectivity index (χ2n) is 2.26. The zero-order valence-electron chi connectivity index (χ0n) is 6.73. The number of carbonyl (C=O) groups is 2. The standard InChI is InChI=1S/C8H8O3S2/c9-7(10)3-5-13-8(11)6-2-1-4-12-6/h1-2,4H,3,5H2,(H,9,10). The van der Waals surface area contributed by atoms with Crippen LogP contribution in [0, 0.1) is 0 Å². The normalized spacial score (nSPS) is 9.85. The van der Waals surface area contributed by atoms with Crippen LogP contribution in [0.1, 0.15) is 16.1 Å². The zero-order valence-corrected chi connectivity index (χ0v) is 8.36. The number of carbonyl (C=O) groups excluding carboxylic acids is 1. The van der Waals surface area contributed by atoms with Crippen LogP contribution in [0.5, 0.6) is 0 Å². The number of hydrogen-bond donors (Lipinski definition) is 1. The summed E-state index contributed by atoms with van der Waals surface area (Å²) < 4.78 is 0. The Morgan fingerprint density at radius 3 is 2.85 bits per heavy atom. The molecule has 0 fully saturated rings. The first-order chi connectivity index (χ1) is 6.20. The fraction of sp³-hybridized carbons (Fsp3) is 0.250. The predicted octanol–water partition coefficient (Wildman–Crippen LogP) is 2.10. The van der Waals surface area contributed by atoms with Crippen LogP contribution in [0.25, 0.3) is 0 Å². The summed E-state index contributed by atoms with van der Waals surface area (Å²) in [6.45, 7) is 0. The Morgan fingerprint density at radius 2 is 2.31 bits per heavy atom. The molecule has 13 heavy (non-hydrogen) atoms. The third-order valence-corrected chi connectivity index (χ3v) is 3.16. The van der Waals surface area contributed by atoms with Crippen molar-refractivity contribution in [3.63, 3.8) is 0 Å². The van der Waals surface area contributed by atoms with E-state index in [0.29, 0.717) is 10.6 Å². The highest BCUT2D eigenvalue weighted by Crippen LogP contribution is 2.17. The van der Waals surface area contributed by atoms with E-state index in [1.807, 2.05) is 5.38 Å². The summed E-state index contributed by atoms with van der Waals surface area (Å²) in [6, 6.07) is 3.54. The van der Waals surface area contributed by atoms with E-state index >= 15 is 0 Å². The van der Waals surface area contributed by atoms with Gasteiger partial charge in [-0.15, -0.1) is 11.3 Å². The Balaban J connectivity index is 2.31. The molecule has 1 aromatic heterocycles. The molecule has 0 aliphatic carbocycles. The molecule has 1 aromatic rings. The number of hydrogen-bond acceptors (Lipinski definition) is 4. The van der Waals surface area contributed by atoms with Crippen molar-refractivity contribution in [1.82, 2.24) is 0 Å². The molecule has 1 rings (SSSR count). The van der Waals surface area contributed by atoms with Crippen molar-refractivity contribution in [3.05, 3.63) is 22.4 Å². The van der Waals surface area contributed by atoms with E-state index in [0.717, 1.165) is 11.8 Å². The van der Waals surface area contributed by atoms with Gasteiger partial charge in [-0.25, -0.2) is 0 Å². The molecule has 3 nitrogen and oxygen atoms in total. The van der Waals surface area contributed by atoms with Crippen LogP contribution in [0.4, 0.5) is 0 Å². The predicted molar refractivity (Wildman–Crippen MR) is 53.4 cm³/mol. The molecule has 0 saturated carbocycles. The van der Waals surface area contributed by atoms with E-state index in [9.17, 15) is 9.59 Å². The molecule has 0 atom stereocenters. The first-order valence-electron chi connectivity index (χ1n) is 3.62. The molecular formula is C8H8O3S2. The molecular weight excluding hydrogens is 208 g/mol. The molecule has 70 valence electrons. The van der Waals surface area contributed by atoms with Crippen molar-refractivity contribution in [2.24, 2.45) is 0 Å². The molecule has 1 heterocycles. The van der Waals surface area contributed by atoms with Gasteiger partial charge in [0.2, 0.25) is 5.12 Å². The van der Waals surface area contributed by atoms with E-state index in [1.54, 1.807) is 12.1 Å². The quantitative estimate of drug-likeness (QED) is 0.837. The van der Waals surface area contributed by atoms with Gasteiger partial charge >= 0.3 is 5.97 Å². The summed E-state index contributed by atoms with van der Waals surface area (Å²) in [4.78, 5) is 22.1. The molecule has 0 spiro atoms. The molecule has 1 N–H and O–H groups in total. The van der Waals surface area contributed by atoms with Gasteiger partial charge in [-0.05, 0) is 11.4 Å². The second kappa shape index (κ2) is 5.04. The minimum Gasteiger partial charge on any atom is -0.481 e. The first-order valence-corrected chi connectivity index (χ1v) is 5.49. The lowest BCUT2D eigenvalue weighted by molar-refractivity contribution is -0.136. The molecule has 0 radical (unpaired) electrons. The first kappa shape index (κ1) is 10.3. The summed E-state index contributed by atoms with van der Waals surface area (Å²) in [5.74, 6) is -0.530. The van der Waals surface area contributed by atoms with Gasteiger partial charge in [-0.2, -0.15) is 0 Å². The van der Waals surface area contributed by atoms with E-state index in [4.69, 9.17) is 5.11 Å². The van der Waals surface area contributed by atoms with Crippen LogP contribution in [0.3, 0.4) is 0 Å². The fourth-order valence-corrected chi connectivity index (χ4v) is 2.25. The number of carboxylic acid groups (broad SMARTS) is 1. The topological polar surface area (TPSA) is 54.4 Å². The van der Waals surface area contributed by atoms with Crippen molar-refractivity contribution in [2.75, 3.05) is 5.75 Å².